The number of esters is 1. The maximum absolute atomic E-state index is 13.5. The summed E-state index contributed by atoms with van der Waals surface area (Å²) in [5, 5.41) is 1.38. The molecule has 0 unspecified atom stereocenters. The van der Waals surface area contributed by atoms with E-state index in [1.165, 1.54) is 12.1 Å². The first-order chi connectivity index (χ1) is 14.5. The van der Waals surface area contributed by atoms with E-state index in [2.05, 4.69) is 6.07 Å². The fourth-order valence-electron chi connectivity index (χ4n) is 3.21. The average molecular weight is 441 g/mol. The molecule has 1 heterocycles. The quantitative estimate of drug-likeness (QED) is 0.299. The molecule has 152 valence electrons. The molecule has 0 bridgehead atoms. The van der Waals surface area contributed by atoms with Crippen molar-refractivity contribution in [3.63, 3.8) is 0 Å². The van der Waals surface area contributed by atoms with Crippen LogP contribution in [0.5, 0.6) is 5.75 Å². The van der Waals surface area contributed by atoms with Crippen molar-refractivity contribution < 1.29 is 18.7 Å². The predicted molar refractivity (Wildman–Crippen MR) is 119 cm³/mol. The van der Waals surface area contributed by atoms with Crippen molar-refractivity contribution in [3.05, 3.63) is 88.0 Å². The van der Waals surface area contributed by atoms with E-state index in [-0.39, 0.29) is 5.97 Å². The van der Waals surface area contributed by atoms with E-state index in [0.717, 1.165) is 26.1 Å². The van der Waals surface area contributed by atoms with Crippen LogP contribution in [0.4, 0.5) is 4.39 Å². The highest BCUT2D eigenvalue weighted by molar-refractivity contribution is 7.19. The third-order valence-corrected chi connectivity index (χ3v) is 5.87. The van der Waals surface area contributed by atoms with E-state index < -0.39 is 5.82 Å². The van der Waals surface area contributed by atoms with Gasteiger partial charge in [0.25, 0.3) is 0 Å². The van der Waals surface area contributed by atoms with Crippen LogP contribution in [0, 0.1) is 5.82 Å². The molecule has 0 radical (unpaired) electrons. The molecule has 3 nitrogen and oxygen atoms in total. The number of fused-ring (bicyclic) bond motifs is 1. The summed E-state index contributed by atoms with van der Waals surface area (Å²) >= 11 is 7.49. The lowest BCUT2D eigenvalue weighted by atomic mass is 10.0. The second-order valence-corrected chi connectivity index (χ2v) is 8.20. The lowest BCUT2D eigenvalue weighted by Crippen LogP contribution is -2.04. The number of hydrogen-bond donors (Lipinski definition) is 0. The van der Waals surface area contributed by atoms with Gasteiger partial charge in [0.1, 0.15) is 18.2 Å². The van der Waals surface area contributed by atoms with Crippen LogP contribution in [0.25, 0.3) is 21.2 Å². The van der Waals surface area contributed by atoms with Crippen molar-refractivity contribution in [1.82, 2.24) is 0 Å². The van der Waals surface area contributed by atoms with Gasteiger partial charge in [-0.15, -0.1) is 11.3 Å². The minimum absolute atomic E-state index is 0.296. The number of rotatable bonds is 6. The second kappa shape index (κ2) is 8.86. The van der Waals surface area contributed by atoms with Crippen molar-refractivity contribution in [3.8, 4) is 16.9 Å². The van der Waals surface area contributed by atoms with E-state index in [9.17, 15) is 9.18 Å². The largest absolute Gasteiger partial charge is 0.488 e. The van der Waals surface area contributed by atoms with Gasteiger partial charge in [-0.1, -0.05) is 41.9 Å². The Morgan fingerprint density at radius 1 is 1.07 bits per heavy atom. The molecule has 4 aromatic rings. The smallest absolute Gasteiger partial charge is 0.338 e. The first kappa shape index (κ1) is 20.4. The average Bonchev–Trinajstić information content (AvgIpc) is 3.15. The van der Waals surface area contributed by atoms with Crippen LogP contribution in [0.1, 0.15) is 22.2 Å². The van der Waals surface area contributed by atoms with Crippen molar-refractivity contribution in [2.24, 2.45) is 0 Å². The molecule has 0 amide bonds. The number of hydrogen-bond acceptors (Lipinski definition) is 4. The van der Waals surface area contributed by atoms with Gasteiger partial charge in [-0.2, -0.15) is 0 Å². The maximum atomic E-state index is 13.5. The molecule has 3 aromatic carbocycles. The van der Waals surface area contributed by atoms with Gasteiger partial charge in [-0.05, 0) is 53.8 Å². The third kappa shape index (κ3) is 4.48. The van der Waals surface area contributed by atoms with Crippen LogP contribution >= 0.6 is 22.9 Å². The Balaban J connectivity index is 1.63. The molecule has 0 N–H and O–H groups in total. The number of benzene rings is 3. The van der Waals surface area contributed by atoms with Gasteiger partial charge >= 0.3 is 5.97 Å². The molecule has 6 heteroatoms. The van der Waals surface area contributed by atoms with Crippen LogP contribution in [0.2, 0.25) is 5.02 Å². The summed E-state index contributed by atoms with van der Waals surface area (Å²) in [5.74, 6) is -0.377. The Bertz CT molecular complexity index is 1200. The number of ether oxygens (including phenoxy) is 2. The van der Waals surface area contributed by atoms with Crippen molar-refractivity contribution in [2.45, 2.75) is 13.5 Å². The monoisotopic (exact) mass is 440 g/mol. The van der Waals surface area contributed by atoms with Gasteiger partial charge in [-0.3, -0.25) is 0 Å². The Kier molecular flexibility index (Phi) is 6.02. The molecule has 0 saturated carbocycles. The highest BCUT2D eigenvalue weighted by atomic mass is 35.5. The highest BCUT2D eigenvalue weighted by Crippen LogP contribution is 2.36. The van der Waals surface area contributed by atoms with Crippen LogP contribution in [0.15, 0.2) is 66.7 Å². The standard InChI is InChI=1S/C24H18ClFO3S/c1-2-28-24(27)17-7-3-5-15(9-17)22-8-4-6-16-10-21(30-23(16)22)14-29-20-12-18(25)11-19(26)13-20/h3-13H,2,14H2,1H3. The van der Waals surface area contributed by atoms with Crippen LogP contribution in [-0.2, 0) is 11.3 Å². The maximum Gasteiger partial charge on any atom is 0.338 e. The van der Waals surface area contributed by atoms with Gasteiger partial charge < -0.3 is 9.47 Å². The van der Waals surface area contributed by atoms with Crippen molar-refractivity contribution in [1.29, 1.82) is 0 Å². The predicted octanol–water partition coefficient (Wildman–Crippen LogP) is 7.12. The van der Waals surface area contributed by atoms with Crippen LogP contribution in [0.3, 0.4) is 0 Å². The summed E-state index contributed by atoms with van der Waals surface area (Å²) in [6, 6.07) is 19.7. The minimum atomic E-state index is -0.433. The number of halogens is 2. The van der Waals surface area contributed by atoms with E-state index >= 15 is 0 Å². The summed E-state index contributed by atoms with van der Waals surface area (Å²) in [6.45, 7) is 2.43. The molecule has 0 atom stereocenters. The Morgan fingerprint density at radius 3 is 2.70 bits per heavy atom. The lowest BCUT2D eigenvalue weighted by molar-refractivity contribution is 0.0526. The first-order valence-corrected chi connectivity index (χ1v) is 10.6. The van der Waals surface area contributed by atoms with E-state index in [1.54, 1.807) is 30.4 Å². The van der Waals surface area contributed by atoms with Crippen molar-refractivity contribution >= 4 is 39.0 Å². The van der Waals surface area contributed by atoms with Gasteiger partial charge in [0, 0.05) is 20.7 Å². The molecule has 0 aliphatic carbocycles. The Morgan fingerprint density at radius 2 is 1.90 bits per heavy atom. The molecule has 1 aromatic heterocycles. The molecular weight excluding hydrogens is 423 g/mol. The van der Waals surface area contributed by atoms with Gasteiger partial charge in [0.2, 0.25) is 0 Å². The highest BCUT2D eigenvalue weighted by Gasteiger charge is 2.12. The SMILES string of the molecule is CCOC(=O)c1cccc(-c2cccc3cc(COc4cc(F)cc(Cl)c4)sc23)c1. The molecule has 0 fully saturated rings. The van der Waals surface area contributed by atoms with Crippen LogP contribution in [-0.4, -0.2) is 12.6 Å². The second-order valence-electron chi connectivity index (χ2n) is 6.63. The van der Waals surface area contributed by atoms with Crippen LogP contribution < -0.4 is 4.74 Å². The number of thiophene rings is 1. The van der Waals surface area contributed by atoms with Crippen molar-refractivity contribution in [2.75, 3.05) is 6.61 Å². The zero-order valence-corrected chi connectivity index (χ0v) is 17.7. The minimum Gasteiger partial charge on any atom is -0.488 e. The van der Waals surface area contributed by atoms with Gasteiger partial charge in [-0.25, -0.2) is 9.18 Å². The van der Waals surface area contributed by atoms with E-state index in [1.807, 2.05) is 36.4 Å². The molecule has 0 spiro atoms. The fourth-order valence-corrected chi connectivity index (χ4v) is 4.53. The number of carbonyl (C=O) groups is 1. The van der Waals surface area contributed by atoms with E-state index in [0.29, 0.717) is 29.5 Å². The van der Waals surface area contributed by atoms with Gasteiger partial charge in [0.05, 0.1) is 12.2 Å². The summed E-state index contributed by atoms with van der Waals surface area (Å²) in [7, 11) is 0. The molecule has 0 aliphatic heterocycles. The normalized spacial score (nSPS) is 10.9. The molecule has 0 saturated heterocycles. The van der Waals surface area contributed by atoms with Gasteiger partial charge in [0.15, 0.2) is 0 Å². The molecule has 0 aliphatic rings. The summed E-state index contributed by atoms with van der Waals surface area (Å²) < 4.78 is 25.4. The lowest BCUT2D eigenvalue weighted by Gasteiger charge is -2.07. The summed E-state index contributed by atoms with van der Waals surface area (Å²) in [5.41, 5.74) is 2.50. The topological polar surface area (TPSA) is 35.5 Å². The fraction of sp³-hybridized carbons (Fsp3) is 0.125. The Hall–Kier alpha value is -2.89. The first-order valence-electron chi connectivity index (χ1n) is 9.41. The molecular formula is C24H18ClFO3S. The number of carbonyl (C=O) groups excluding carboxylic acids is 1. The zero-order chi connectivity index (χ0) is 21.1. The zero-order valence-electron chi connectivity index (χ0n) is 16.2. The third-order valence-electron chi connectivity index (χ3n) is 4.50. The summed E-state index contributed by atoms with van der Waals surface area (Å²) in [6.07, 6.45) is 0. The Labute approximate surface area is 182 Å². The molecule has 4 rings (SSSR count). The van der Waals surface area contributed by atoms with E-state index in [4.69, 9.17) is 21.1 Å². The molecule has 30 heavy (non-hydrogen) atoms. The summed E-state index contributed by atoms with van der Waals surface area (Å²) in [4.78, 5) is 13.1.